The highest BCUT2D eigenvalue weighted by molar-refractivity contribution is 5.86. The highest BCUT2D eigenvalue weighted by Gasteiger charge is 2.48. The first-order valence-corrected chi connectivity index (χ1v) is 5.43. The highest BCUT2D eigenvalue weighted by Crippen LogP contribution is 2.47. The maximum atomic E-state index is 11.8. The van der Waals surface area contributed by atoms with Gasteiger partial charge in [0, 0.05) is 18.4 Å². The molecule has 1 saturated carbocycles. The van der Waals surface area contributed by atoms with E-state index in [0.717, 1.165) is 6.42 Å². The lowest BCUT2D eigenvalue weighted by Crippen LogP contribution is -2.45. The normalized spacial score (nSPS) is 35.3. The number of allylic oxidation sites excluding steroid dienone is 2. The highest BCUT2D eigenvalue weighted by atomic mass is 16.4. The van der Waals surface area contributed by atoms with Crippen molar-refractivity contribution in [1.82, 2.24) is 5.32 Å². The van der Waals surface area contributed by atoms with Gasteiger partial charge < -0.3 is 20.3 Å². The zero-order chi connectivity index (χ0) is 11.7. The zero-order valence-corrected chi connectivity index (χ0v) is 8.76. The van der Waals surface area contributed by atoms with Crippen molar-refractivity contribution >= 4 is 11.9 Å². The molecule has 0 aromatic rings. The van der Waals surface area contributed by atoms with Crippen LogP contribution in [-0.4, -0.2) is 30.1 Å². The van der Waals surface area contributed by atoms with Crippen LogP contribution in [0, 0.1) is 23.7 Å². The van der Waals surface area contributed by atoms with Gasteiger partial charge in [-0.25, -0.2) is 0 Å². The number of hydrogen-bond donors (Lipinski definition) is 2. The van der Waals surface area contributed by atoms with E-state index in [1.807, 2.05) is 12.2 Å². The van der Waals surface area contributed by atoms with E-state index in [-0.39, 0.29) is 30.9 Å². The Morgan fingerprint density at radius 3 is 2.50 bits per heavy atom. The summed E-state index contributed by atoms with van der Waals surface area (Å²) in [5.74, 6) is -2.76. The van der Waals surface area contributed by atoms with Crippen LogP contribution in [-0.2, 0) is 9.59 Å². The molecule has 2 aliphatic rings. The lowest BCUT2D eigenvalue weighted by Gasteiger charge is -2.27. The van der Waals surface area contributed by atoms with Crippen LogP contribution in [0.5, 0.6) is 0 Å². The van der Waals surface area contributed by atoms with Crippen molar-refractivity contribution in [2.45, 2.75) is 6.42 Å². The Kier molecular flexibility index (Phi) is 2.96. The topological polar surface area (TPSA) is 89.5 Å². The van der Waals surface area contributed by atoms with Crippen molar-refractivity contribution < 1.29 is 19.8 Å². The van der Waals surface area contributed by atoms with Gasteiger partial charge in [-0.3, -0.25) is 4.79 Å². The molecule has 88 valence electrons. The van der Waals surface area contributed by atoms with Crippen LogP contribution < -0.4 is 10.4 Å². The predicted octanol–water partition coefficient (Wildman–Crippen LogP) is -1.72. The molecule has 2 rings (SSSR count). The number of aliphatic hydroxyl groups excluding tert-OH is 1. The fraction of sp³-hybridized carbons (Fsp3) is 0.636. The van der Waals surface area contributed by atoms with Gasteiger partial charge in [-0.05, 0) is 18.3 Å². The Morgan fingerprint density at radius 1 is 1.31 bits per heavy atom. The van der Waals surface area contributed by atoms with E-state index < -0.39 is 17.8 Å². The molecule has 2 bridgehead atoms. The Hall–Kier alpha value is -1.36. The maximum Gasteiger partial charge on any atom is 0.224 e. The minimum absolute atomic E-state index is 0.00610. The molecule has 4 atom stereocenters. The number of carbonyl (C=O) groups is 2. The molecular weight excluding hydrogens is 210 g/mol. The van der Waals surface area contributed by atoms with E-state index in [9.17, 15) is 14.7 Å². The van der Waals surface area contributed by atoms with E-state index in [4.69, 9.17) is 5.11 Å². The number of nitrogens with one attached hydrogen (secondary N) is 1. The molecule has 0 radical (unpaired) electrons. The van der Waals surface area contributed by atoms with E-state index >= 15 is 0 Å². The Bertz CT molecular complexity index is 339. The summed E-state index contributed by atoms with van der Waals surface area (Å²) in [5.41, 5.74) is 0. The monoisotopic (exact) mass is 224 g/mol. The first kappa shape index (κ1) is 11.1. The van der Waals surface area contributed by atoms with Crippen LogP contribution >= 0.6 is 0 Å². The van der Waals surface area contributed by atoms with Crippen LogP contribution in [0.15, 0.2) is 12.2 Å². The van der Waals surface area contributed by atoms with Crippen molar-refractivity contribution in [3.05, 3.63) is 12.2 Å². The largest absolute Gasteiger partial charge is 0.550 e. The van der Waals surface area contributed by atoms with Gasteiger partial charge in [0.05, 0.1) is 12.5 Å². The second-order valence-corrected chi connectivity index (χ2v) is 4.33. The predicted molar refractivity (Wildman–Crippen MR) is 52.8 cm³/mol. The van der Waals surface area contributed by atoms with E-state index in [0.29, 0.717) is 0 Å². The molecule has 0 aliphatic heterocycles. The molecule has 1 amide bonds. The fourth-order valence-electron chi connectivity index (χ4n) is 2.80. The third-order valence-corrected chi connectivity index (χ3v) is 3.45. The molecule has 0 spiro atoms. The smallest absolute Gasteiger partial charge is 0.224 e. The standard InChI is InChI=1S/C11H15NO4/c13-4-3-12-10(14)8-6-1-2-7(5-6)9(8)11(15)16/h1-2,6-9,13H,3-5H2,(H,12,14)(H,15,16)/p-1/t6-,7+,8-,9+/m1/s1. The average Bonchev–Trinajstić information content (AvgIpc) is 2.84. The second-order valence-electron chi connectivity index (χ2n) is 4.33. The third kappa shape index (κ3) is 1.71. The van der Waals surface area contributed by atoms with Crippen molar-refractivity contribution in [1.29, 1.82) is 0 Å². The van der Waals surface area contributed by atoms with Gasteiger partial charge in [-0.2, -0.15) is 0 Å². The van der Waals surface area contributed by atoms with Gasteiger partial charge in [0.15, 0.2) is 0 Å². The average molecular weight is 224 g/mol. The van der Waals surface area contributed by atoms with Crippen LogP contribution in [0.4, 0.5) is 0 Å². The van der Waals surface area contributed by atoms with Gasteiger partial charge in [0.25, 0.3) is 0 Å². The first-order chi connectivity index (χ1) is 7.65. The summed E-state index contributed by atoms with van der Waals surface area (Å²) in [7, 11) is 0. The second kappa shape index (κ2) is 4.25. The minimum Gasteiger partial charge on any atom is -0.550 e. The maximum absolute atomic E-state index is 11.8. The summed E-state index contributed by atoms with van der Waals surface area (Å²) in [6.45, 7) is 0.0224. The molecule has 16 heavy (non-hydrogen) atoms. The van der Waals surface area contributed by atoms with Crippen molar-refractivity contribution in [3.8, 4) is 0 Å². The molecule has 0 aromatic carbocycles. The molecule has 0 aromatic heterocycles. The van der Waals surface area contributed by atoms with Crippen LogP contribution in [0.25, 0.3) is 0 Å². The van der Waals surface area contributed by atoms with Gasteiger partial charge in [0.2, 0.25) is 5.91 Å². The summed E-state index contributed by atoms with van der Waals surface area (Å²) in [6, 6.07) is 0. The van der Waals surface area contributed by atoms with Gasteiger partial charge >= 0.3 is 0 Å². The van der Waals surface area contributed by atoms with Crippen molar-refractivity contribution in [2.24, 2.45) is 23.7 Å². The molecule has 5 heteroatoms. The quantitative estimate of drug-likeness (QED) is 0.556. The fourth-order valence-corrected chi connectivity index (χ4v) is 2.80. The van der Waals surface area contributed by atoms with Gasteiger partial charge in [-0.1, -0.05) is 12.2 Å². The number of carbonyl (C=O) groups excluding carboxylic acids is 2. The molecule has 0 saturated heterocycles. The number of aliphatic hydroxyl groups is 1. The van der Waals surface area contributed by atoms with Gasteiger partial charge in [-0.15, -0.1) is 0 Å². The molecule has 0 unspecified atom stereocenters. The number of carboxylic acids is 1. The third-order valence-electron chi connectivity index (χ3n) is 3.45. The van der Waals surface area contributed by atoms with E-state index in [2.05, 4.69) is 5.32 Å². The van der Waals surface area contributed by atoms with Crippen molar-refractivity contribution in [3.63, 3.8) is 0 Å². The van der Waals surface area contributed by atoms with Crippen LogP contribution in [0.3, 0.4) is 0 Å². The Labute approximate surface area is 93.1 Å². The number of hydrogen-bond acceptors (Lipinski definition) is 4. The van der Waals surface area contributed by atoms with E-state index in [1.165, 1.54) is 0 Å². The number of rotatable bonds is 4. The minimum atomic E-state index is -1.15. The van der Waals surface area contributed by atoms with Gasteiger partial charge in [0.1, 0.15) is 0 Å². The lowest BCUT2D eigenvalue weighted by atomic mass is 9.82. The lowest BCUT2D eigenvalue weighted by molar-refractivity contribution is -0.313. The molecule has 5 nitrogen and oxygen atoms in total. The van der Waals surface area contributed by atoms with E-state index in [1.54, 1.807) is 0 Å². The molecule has 2 aliphatic carbocycles. The zero-order valence-electron chi connectivity index (χ0n) is 8.76. The SMILES string of the molecule is O=C([O-])[C@@H]1[C@H](C(=O)NCCO)[C@@H]2C=C[C@H]1C2. The molecule has 2 N–H and O–H groups in total. The molecule has 0 heterocycles. The summed E-state index contributed by atoms with van der Waals surface area (Å²) in [4.78, 5) is 22.8. The number of fused-ring (bicyclic) bond motifs is 2. The summed E-state index contributed by atoms with van der Waals surface area (Å²) >= 11 is 0. The number of carboxylic acid groups (broad SMARTS) is 1. The Balaban J connectivity index is 2.10. The number of aliphatic carboxylic acids is 1. The van der Waals surface area contributed by atoms with Crippen LogP contribution in [0.2, 0.25) is 0 Å². The number of amides is 1. The summed E-state index contributed by atoms with van der Waals surface area (Å²) < 4.78 is 0. The molecular formula is C11H14NO4-. The van der Waals surface area contributed by atoms with Crippen molar-refractivity contribution in [2.75, 3.05) is 13.2 Å². The summed E-state index contributed by atoms with van der Waals surface area (Å²) in [6.07, 6.45) is 4.49. The Morgan fingerprint density at radius 2 is 1.94 bits per heavy atom. The first-order valence-electron chi connectivity index (χ1n) is 5.43. The summed E-state index contributed by atoms with van der Waals surface area (Å²) in [5, 5.41) is 22.1. The van der Waals surface area contributed by atoms with Crippen LogP contribution in [0.1, 0.15) is 6.42 Å². The molecule has 1 fully saturated rings.